The summed E-state index contributed by atoms with van der Waals surface area (Å²) in [5.41, 5.74) is 10.1. The molecule has 4 rings (SSSR count). The van der Waals surface area contributed by atoms with Crippen LogP contribution in [0.4, 0.5) is 0 Å². The zero-order chi connectivity index (χ0) is 26.3. The first-order valence-electron chi connectivity index (χ1n) is 13.5. The van der Waals surface area contributed by atoms with E-state index in [9.17, 15) is 9.59 Å². The molecule has 2 aromatic rings. The molecule has 3 atom stereocenters. The molecule has 35 heavy (non-hydrogen) atoms. The molecule has 0 amide bonds. The summed E-state index contributed by atoms with van der Waals surface area (Å²) in [6.45, 7) is 22.6. The smallest absolute Gasteiger partial charge is 0.150 e. The van der Waals surface area contributed by atoms with Crippen LogP contribution in [0.3, 0.4) is 0 Å². The van der Waals surface area contributed by atoms with Gasteiger partial charge in [0.1, 0.15) is 12.6 Å². The van der Waals surface area contributed by atoms with Gasteiger partial charge in [-0.2, -0.15) is 0 Å². The first-order chi connectivity index (χ1) is 16.3. The van der Waals surface area contributed by atoms with Gasteiger partial charge in [0, 0.05) is 11.1 Å². The molecule has 0 fully saturated rings. The molecule has 0 saturated carbocycles. The topological polar surface area (TPSA) is 34.1 Å². The molecular weight excluding hydrogens is 428 g/mol. The van der Waals surface area contributed by atoms with E-state index in [1.807, 2.05) is 6.92 Å². The van der Waals surface area contributed by atoms with Gasteiger partial charge in [-0.05, 0) is 106 Å². The summed E-state index contributed by atoms with van der Waals surface area (Å²) in [6.07, 6.45) is 5.34. The Hall–Kier alpha value is -2.22. The van der Waals surface area contributed by atoms with Crippen LogP contribution in [0, 0.1) is 18.8 Å². The molecule has 0 aromatic heterocycles. The summed E-state index contributed by atoms with van der Waals surface area (Å²) in [7, 11) is 0. The number of hydrogen-bond donors (Lipinski definition) is 0. The van der Waals surface area contributed by atoms with Crippen LogP contribution in [0.2, 0.25) is 0 Å². The number of rotatable bonds is 4. The Bertz CT molecular complexity index is 1100. The zero-order valence-corrected chi connectivity index (χ0v) is 23.7. The van der Waals surface area contributed by atoms with Crippen molar-refractivity contribution in [1.82, 2.24) is 0 Å². The standard InChI is InChI=1S/C17H24O.C16H22O/c1-6-12-9-14-15(10-13(12)11-18)17(4,5)8-7-16(14,2)3;1-9(2)16-12(5)11(4)14-6-10(3)13(8-17)7-15(14)16/h9-11H,6-8H2,1-5H3;6-9,11-12,16H,1-5H3. The van der Waals surface area contributed by atoms with Gasteiger partial charge in [-0.25, -0.2) is 0 Å². The maximum Gasteiger partial charge on any atom is 0.150 e. The second kappa shape index (κ2) is 10.0. The summed E-state index contributed by atoms with van der Waals surface area (Å²) >= 11 is 0. The lowest BCUT2D eigenvalue weighted by Crippen LogP contribution is -2.34. The van der Waals surface area contributed by atoms with Gasteiger partial charge in [-0.1, -0.05) is 74.4 Å². The fourth-order valence-electron chi connectivity index (χ4n) is 6.51. The normalized spacial score (nSPS) is 23.7. The number of benzene rings is 2. The highest BCUT2D eigenvalue weighted by molar-refractivity contribution is 5.79. The quantitative estimate of drug-likeness (QED) is 0.415. The number of aldehydes is 2. The molecule has 2 aliphatic rings. The SMILES string of the molecule is CCc1cc2c(cc1C=O)C(C)(C)CCC2(C)C.Cc1cc2c(cc1C=O)C(C(C)C)C(C)C2C. The fraction of sp³-hybridized carbons (Fsp3) is 0.576. The lowest BCUT2D eigenvalue weighted by molar-refractivity contribution is 0.111. The van der Waals surface area contributed by atoms with Crippen molar-refractivity contribution in [3.8, 4) is 0 Å². The van der Waals surface area contributed by atoms with Crippen LogP contribution in [0.25, 0.3) is 0 Å². The van der Waals surface area contributed by atoms with Crippen molar-refractivity contribution in [3.63, 3.8) is 0 Å². The summed E-state index contributed by atoms with van der Waals surface area (Å²) in [5, 5.41) is 0. The lowest BCUT2D eigenvalue weighted by atomic mass is 9.62. The molecule has 190 valence electrons. The number of fused-ring (bicyclic) bond motifs is 2. The molecular formula is C33H46O2. The van der Waals surface area contributed by atoms with Crippen LogP contribution < -0.4 is 0 Å². The molecule has 2 aliphatic carbocycles. The molecule has 0 spiro atoms. The number of carbonyl (C=O) groups excluding carboxylic acids is 2. The van der Waals surface area contributed by atoms with Crippen molar-refractivity contribution in [3.05, 3.63) is 68.8 Å². The summed E-state index contributed by atoms with van der Waals surface area (Å²) < 4.78 is 0. The molecule has 0 aliphatic heterocycles. The third kappa shape index (κ3) is 5.04. The molecule has 0 saturated heterocycles. The molecule has 2 heteroatoms. The Morgan fingerprint density at radius 1 is 0.857 bits per heavy atom. The number of carbonyl (C=O) groups is 2. The maximum absolute atomic E-state index is 11.2. The van der Waals surface area contributed by atoms with Gasteiger partial charge in [0.25, 0.3) is 0 Å². The summed E-state index contributed by atoms with van der Waals surface area (Å²) in [6, 6.07) is 8.77. The minimum atomic E-state index is 0.189. The van der Waals surface area contributed by atoms with Crippen LogP contribution >= 0.6 is 0 Å². The largest absolute Gasteiger partial charge is 0.298 e. The zero-order valence-electron chi connectivity index (χ0n) is 23.7. The van der Waals surface area contributed by atoms with E-state index in [2.05, 4.69) is 86.6 Å². The Balaban J connectivity index is 0.000000196. The number of hydrogen-bond acceptors (Lipinski definition) is 2. The van der Waals surface area contributed by atoms with Gasteiger partial charge in [0.2, 0.25) is 0 Å². The summed E-state index contributed by atoms with van der Waals surface area (Å²) in [4.78, 5) is 22.3. The molecule has 0 radical (unpaired) electrons. The first kappa shape index (κ1) is 27.4. The number of aryl methyl sites for hydroxylation is 2. The van der Waals surface area contributed by atoms with Crippen molar-refractivity contribution in [2.24, 2.45) is 11.8 Å². The molecule has 2 aromatic carbocycles. The van der Waals surface area contributed by atoms with E-state index in [0.717, 1.165) is 35.7 Å². The van der Waals surface area contributed by atoms with Crippen LogP contribution in [0.5, 0.6) is 0 Å². The van der Waals surface area contributed by atoms with Crippen LogP contribution in [-0.2, 0) is 17.3 Å². The van der Waals surface area contributed by atoms with Gasteiger partial charge < -0.3 is 0 Å². The van der Waals surface area contributed by atoms with Crippen LogP contribution in [0.15, 0.2) is 24.3 Å². The average Bonchev–Trinajstić information content (AvgIpc) is 3.05. The minimum Gasteiger partial charge on any atom is -0.298 e. The summed E-state index contributed by atoms with van der Waals surface area (Å²) in [5.74, 6) is 2.51. The average molecular weight is 475 g/mol. The molecule has 3 unspecified atom stereocenters. The lowest BCUT2D eigenvalue weighted by Gasteiger charge is -2.42. The van der Waals surface area contributed by atoms with E-state index in [4.69, 9.17) is 0 Å². The van der Waals surface area contributed by atoms with Crippen molar-refractivity contribution >= 4 is 12.6 Å². The third-order valence-corrected chi connectivity index (χ3v) is 9.14. The van der Waals surface area contributed by atoms with Crippen molar-refractivity contribution in [1.29, 1.82) is 0 Å². The van der Waals surface area contributed by atoms with Gasteiger partial charge in [-0.15, -0.1) is 0 Å². The van der Waals surface area contributed by atoms with E-state index in [0.29, 0.717) is 23.7 Å². The highest BCUT2D eigenvalue weighted by atomic mass is 16.1. The molecule has 0 heterocycles. The van der Waals surface area contributed by atoms with Crippen molar-refractivity contribution < 1.29 is 9.59 Å². The monoisotopic (exact) mass is 474 g/mol. The van der Waals surface area contributed by atoms with E-state index in [-0.39, 0.29) is 10.8 Å². The predicted octanol–water partition coefficient (Wildman–Crippen LogP) is 8.71. The Morgan fingerprint density at radius 3 is 1.89 bits per heavy atom. The first-order valence-corrected chi connectivity index (χ1v) is 13.5. The third-order valence-electron chi connectivity index (χ3n) is 9.14. The highest BCUT2D eigenvalue weighted by Crippen LogP contribution is 2.50. The predicted molar refractivity (Wildman–Crippen MR) is 148 cm³/mol. The van der Waals surface area contributed by atoms with E-state index in [1.165, 1.54) is 40.7 Å². The van der Waals surface area contributed by atoms with E-state index in [1.54, 1.807) is 0 Å². The van der Waals surface area contributed by atoms with Crippen LogP contribution in [0.1, 0.15) is 141 Å². The molecule has 0 N–H and O–H groups in total. The Morgan fingerprint density at radius 2 is 1.40 bits per heavy atom. The van der Waals surface area contributed by atoms with Gasteiger partial charge >= 0.3 is 0 Å². The maximum atomic E-state index is 11.2. The Kier molecular flexibility index (Phi) is 7.85. The van der Waals surface area contributed by atoms with Crippen LogP contribution in [-0.4, -0.2) is 12.6 Å². The van der Waals surface area contributed by atoms with Gasteiger partial charge in [0.15, 0.2) is 0 Å². The minimum absolute atomic E-state index is 0.189. The second-order valence-corrected chi connectivity index (χ2v) is 12.7. The van der Waals surface area contributed by atoms with Gasteiger partial charge in [-0.3, -0.25) is 9.59 Å². The van der Waals surface area contributed by atoms with Crippen molar-refractivity contribution in [2.45, 2.75) is 111 Å². The van der Waals surface area contributed by atoms with Crippen molar-refractivity contribution in [2.75, 3.05) is 0 Å². The van der Waals surface area contributed by atoms with Gasteiger partial charge in [0.05, 0.1) is 0 Å². The van der Waals surface area contributed by atoms with E-state index < -0.39 is 0 Å². The fourth-order valence-corrected chi connectivity index (χ4v) is 6.51. The molecule has 0 bridgehead atoms. The van der Waals surface area contributed by atoms with E-state index >= 15 is 0 Å². The Labute approximate surface area is 213 Å². The highest BCUT2D eigenvalue weighted by Gasteiger charge is 2.38. The molecule has 2 nitrogen and oxygen atoms in total. The second-order valence-electron chi connectivity index (χ2n) is 12.7.